The van der Waals surface area contributed by atoms with E-state index in [1.165, 1.54) is 6.07 Å². The molecule has 0 unspecified atom stereocenters. The van der Waals surface area contributed by atoms with Crippen molar-refractivity contribution < 1.29 is 8.78 Å². The molecule has 3 aromatic carbocycles. The minimum absolute atomic E-state index is 0.0431. The molecule has 0 radical (unpaired) electrons. The van der Waals surface area contributed by atoms with Crippen molar-refractivity contribution in [2.24, 2.45) is 0 Å². The molecule has 0 bridgehead atoms. The lowest BCUT2D eigenvalue weighted by molar-refractivity contribution is 0.225. The lowest BCUT2D eigenvalue weighted by Gasteiger charge is -2.38. The summed E-state index contributed by atoms with van der Waals surface area (Å²) >= 11 is 6.26. The van der Waals surface area contributed by atoms with E-state index in [1.807, 2.05) is 91.0 Å². The molecule has 166 valence electrons. The van der Waals surface area contributed by atoms with Gasteiger partial charge in [-0.1, -0.05) is 103 Å². The van der Waals surface area contributed by atoms with Gasteiger partial charge in [0.25, 0.3) is 6.43 Å². The maximum Gasteiger partial charge on any atom is 0.280 e. The van der Waals surface area contributed by atoms with Crippen LogP contribution in [-0.4, -0.2) is 17.1 Å². The molecular formula is C27H22ClF2N3. The second kappa shape index (κ2) is 9.51. The van der Waals surface area contributed by atoms with Gasteiger partial charge in [0, 0.05) is 11.3 Å². The Morgan fingerprint density at radius 2 is 1.27 bits per heavy atom. The van der Waals surface area contributed by atoms with Crippen LogP contribution in [0.4, 0.5) is 14.5 Å². The number of nitrogens with one attached hydrogen (secondary N) is 2. The molecule has 0 amide bonds. The normalized spacial score (nSPS) is 11.4. The summed E-state index contributed by atoms with van der Waals surface area (Å²) in [7, 11) is 0. The largest absolute Gasteiger partial charge is 0.367 e. The van der Waals surface area contributed by atoms with E-state index in [1.54, 1.807) is 6.92 Å². The molecule has 3 nitrogen and oxygen atoms in total. The van der Waals surface area contributed by atoms with Gasteiger partial charge in [-0.2, -0.15) is 0 Å². The maximum absolute atomic E-state index is 13.7. The molecule has 2 N–H and O–H groups in total. The summed E-state index contributed by atoms with van der Waals surface area (Å²) in [5.74, 6) is 0. The van der Waals surface area contributed by atoms with Crippen molar-refractivity contribution in [3.8, 4) is 0 Å². The molecule has 33 heavy (non-hydrogen) atoms. The average molecular weight is 462 g/mol. The zero-order valence-electron chi connectivity index (χ0n) is 17.9. The fraction of sp³-hybridized carbons (Fsp3) is 0.111. The number of pyridine rings is 1. The van der Waals surface area contributed by atoms with Gasteiger partial charge in [-0.05, 0) is 29.7 Å². The number of anilines is 1. The highest BCUT2D eigenvalue weighted by molar-refractivity contribution is 6.30. The predicted octanol–water partition coefficient (Wildman–Crippen LogP) is 7.08. The Hall–Kier alpha value is -3.57. The average Bonchev–Trinajstić information content (AvgIpc) is 2.83. The molecule has 1 aromatic heterocycles. The van der Waals surface area contributed by atoms with Gasteiger partial charge in [-0.25, -0.2) is 13.8 Å². The van der Waals surface area contributed by atoms with Gasteiger partial charge < -0.3 is 5.32 Å². The molecule has 4 rings (SSSR count). The van der Waals surface area contributed by atoms with Crippen LogP contribution < -0.4 is 5.32 Å². The van der Waals surface area contributed by atoms with Crippen LogP contribution in [0.2, 0.25) is 5.15 Å². The molecule has 6 heteroatoms. The first kappa shape index (κ1) is 22.6. The molecule has 0 spiro atoms. The number of alkyl halides is 2. The van der Waals surface area contributed by atoms with Crippen LogP contribution in [0.15, 0.2) is 97.1 Å². The highest BCUT2D eigenvalue weighted by Gasteiger charge is 2.37. The Kier molecular flexibility index (Phi) is 6.52. The summed E-state index contributed by atoms with van der Waals surface area (Å²) in [6.45, 7) is 1.58. The van der Waals surface area contributed by atoms with Crippen molar-refractivity contribution >= 4 is 23.0 Å². The minimum Gasteiger partial charge on any atom is -0.367 e. The number of halogens is 3. The van der Waals surface area contributed by atoms with E-state index in [0.717, 1.165) is 16.7 Å². The van der Waals surface area contributed by atoms with Crippen molar-refractivity contribution in [2.45, 2.75) is 18.9 Å². The monoisotopic (exact) mass is 461 g/mol. The second-order valence-corrected chi connectivity index (χ2v) is 8.03. The van der Waals surface area contributed by atoms with Gasteiger partial charge in [-0.15, -0.1) is 0 Å². The number of benzene rings is 3. The molecule has 0 aliphatic carbocycles. The number of aromatic nitrogens is 1. The first-order valence-electron chi connectivity index (χ1n) is 10.4. The van der Waals surface area contributed by atoms with E-state index < -0.39 is 17.7 Å². The molecule has 0 atom stereocenters. The zero-order chi connectivity index (χ0) is 23.4. The summed E-state index contributed by atoms with van der Waals surface area (Å²) in [5.41, 5.74) is 1.59. The summed E-state index contributed by atoms with van der Waals surface area (Å²) in [4.78, 5) is 4.14. The van der Waals surface area contributed by atoms with Crippen LogP contribution in [0.5, 0.6) is 0 Å². The molecule has 0 aliphatic rings. The lowest BCUT2D eigenvalue weighted by Crippen LogP contribution is -2.39. The number of nitrogens with zero attached hydrogens (tertiary/aromatic N) is 1. The van der Waals surface area contributed by atoms with Crippen LogP contribution in [0.25, 0.3) is 0 Å². The Bertz CT molecular complexity index is 1150. The lowest BCUT2D eigenvalue weighted by atomic mass is 9.76. The van der Waals surface area contributed by atoms with E-state index in [2.05, 4.69) is 10.3 Å². The van der Waals surface area contributed by atoms with Gasteiger partial charge in [0.1, 0.15) is 16.4 Å². The standard InChI is InChI=1S/C27H22ClF2N3/c1-18-24(25(31)26(29)30)22(17-23(28)32-18)33-27(19-11-5-2-6-12-19,20-13-7-3-8-14-20)21-15-9-4-10-16-21/h2-17,26,31H,1H3,(H,32,33). The van der Waals surface area contributed by atoms with E-state index in [-0.39, 0.29) is 16.4 Å². The van der Waals surface area contributed by atoms with E-state index in [0.29, 0.717) is 5.69 Å². The van der Waals surface area contributed by atoms with Gasteiger partial charge in [0.15, 0.2) is 0 Å². The molecule has 0 saturated carbocycles. The minimum atomic E-state index is -2.95. The van der Waals surface area contributed by atoms with Crippen molar-refractivity contribution in [3.63, 3.8) is 0 Å². The first-order valence-corrected chi connectivity index (χ1v) is 10.8. The molecular weight excluding hydrogens is 440 g/mol. The van der Waals surface area contributed by atoms with Crippen molar-refractivity contribution in [3.05, 3.63) is 130 Å². The third-order valence-electron chi connectivity index (χ3n) is 5.60. The quantitative estimate of drug-likeness (QED) is 0.175. The predicted molar refractivity (Wildman–Crippen MR) is 130 cm³/mol. The van der Waals surface area contributed by atoms with Crippen molar-refractivity contribution in [1.82, 2.24) is 4.98 Å². The van der Waals surface area contributed by atoms with Gasteiger partial charge in [0.2, 0.25) is 0 Å². The Balaban J connectivity index is 2.05. The Morgan fingerprint density at radius 1 is 0.848 bits per heavy atom. The van der Waals surface area contributed by atoms with Gasteiger partial charge >= 0.3 is 0 Å². The third kappa shape index (κ3) is 4.37. The molecule has 0 fully saturated rings. The zero-order valence-corrected chi connectivity index (χ0v) is 18.7. The number of hydrogen-bond donors (Lipinski definition) is 2. The Labute approximate surface area is 196 Å². The third-order valence-corrected chi connectivity index (χ3v) is 5.79. The molecule has 1 heterocycles. The second-order valence-electron chi connectivity index (χ2n) is 7.64. The summed E-state index contributed by atoms with van der Waals surface area (Å²) < 4.78 is 27.3. The fourth-order valence-electron chi connectivity index (χ4n) is 4.17. The smallest absolute Gasteiger partial charge is 0.280 e. The van der Waals surface area contributed by atoms with Gasteiger partial charge in [-0.3, -0.25) is 5.41 Å². The van der Waals surface area contributed by atoms with E-state index >= 15 is 0 Å². The van der Waals surface area contributed by atoms with Crippen LogP contribution in [0, 0.1) is 12.3 Å². The first-order chi connectivity index (χ1) is 15.9. The number of rotatable bonds is 7. The number of aryl methyl sites for hydroxylation is 1. The van der Waals surface area contributed by atoms with E-state index in [9.17, 15) is 8.78 Å². The van der Waals surface area contributed by atoms with Crippen molar-refractivity contribution in [2.75, 3.05) is 5.32 Å². The van der Waals surface area contributed by atoms with Crippen LogP contribution in [0.3, 0.4) is 0 Å². The topological polar surface area (TPSA) is 48.8 Å². The highest BCUT2D eigenvalue weighted by atomic mass is 35.5. The molecule has 4 aromatic rings. The summed E-state index contributed by atoms with van der Waals surface area (Å²) in [6, 6.07) is 30.8. The summed E-state index contributed by atoms with van der Waals surface area (Å²) in [6.07, 6.45) is -2.95. The van der Waals surface area contributed by atoms with Crippen LogP contribution in [0.1, 0.15) is 27.9 Å². The van der Waals surface area contributed by atoms with E-state index in [4.69, 9.17) is 17.0 Å². The molecule has 0 aliphatic heterocycles. The SMILES string of the molecule is Cc1nc(Cl)cc(NC(c2ccccc2)(c2ccccc2)c2ccccc2)c1C(=N)C(F)F. The van der Waals surface area contributed by atoms with Crippen molar-refractivity contribution in [1.29, 1.82) is 5.41 Å². The maximum atomic E-state index is 13.7. The van der Waals surface area contributed by atoms with Crippen LogP contribution >= 0.6 is 11.6 Å². The highest BCUT2D eigenvalue weighted by Crippen LogP contribution is 2.41. The fourth-order valence-corrected chi connectivity index (χ4v) is 4.40. The summed E-state index contributed by atoms with van der Waals surface area (Å²) in [5, 5.41) is 11.8. The number of hydrogen-bond acceptors (Lipinski definition) is 3. The molecule has 0 saturated heterocycles. The van der Waals surface area contributed by atoms with Crippen LogP contribution in [-0.2, 0) is 5.54 Å². The Morgan fingerprint density at radius 3 is 1.67 bits per heavy atom. The van der Waals surface area contributed by atoms with Gasteiger partial charge in [0.05, 0.1) is 5.69 Å².